The fourth-order valence-corrected chi connectivity index (χ4v) is 7.52. The van der Waals surface area contributed by atoms with Crippen molar-refractivity contribution in [1.82, 2.24) is 10.2 Å². The van der Waals surface area contributed by atoms with Crippen LogP contribution in [0.25, 0.3) is 0 Å². The molecule has 1 aromatic rings. The van der Waals surface area contributed by atoms with Crippen molar-refractivity contribution in [2.24, 2.45) is 17.3 Å². The second kappa shape index (κ2) is 13.5. The van der Waals surface area contributed by atoms with E-state index < -0.39 is 41.1 Å². The molecular weight excluding hydrogens is 573 g/mol. The van der Waals surface area contributed by atoms with E-state index >= 15 is 0 Å². The molecule has 4 aliphatic rings. The van der Waals surface area contributed by atoms with E-state index in [0.717, 1.165) is 63.5 Å². The second-order valence-electron chi connectivity index (χ2n) is 12.7. The van der Waals surface area contributed by atoms with Crippen molar-refractivity contribution in [3.8, 4) is 0 Å². The first kappa shape index (κ1) is 32.3. The third-order valence-electron chi connectivity index (χ3n) is 9.94. The maximum absolute atomic E-state index is 14.2. The Hall–Kier alpha value is -3.14. The SMILES string of the molecule is COC(=O)[C@]12C[C@H](CC(=O)NCc3cccc(C(F)(F)F)c3)C(=O)N(CCC3=CCCCC3)C1=C[C@H](C1CCCC1)O[C@@H]2C. The molecule has 7 nitrogen and oxygen atoms in total. The molecule has 1 saturated carbocycles. The van der Waals surface area contributed by atoms with Crippen molar-refractivity contribution in [2.45, 2.75) is 102 Å². The number of nitrogens with one attached hydrogen (secondary N) is 1. The molecule has 2 heterocycles. The van der Waals surface area contributed by atoms with Gasteiger partial charge in [0.15, 0.2) is 0 Å². The highest BCUT2D eigenvalue weighted by molar-refractivity contribution is 5.92. The quantitative estimate of drug-likeness (QED) is 0.254. The van der Waals surface area contributed by atoms with Gasteiger partial charge in [-0.15, -0.1) is 0 Å². The average Bonchev–Trinajstić information content (AvgIpc) is 3.55. The molecule has 1 saturated heterocycles. The van der Waals surface area contributed by atoms with Crippen LogP contribution in [0.4, 0.5) is 13.2 Å². The Kier molecular flexibility index (Phi) is 9.87. The Morgan fingerprint density at radius 3 is 2.61 bits per heavy atom. The Morgan fingerprint density at radius 2 is 1.93 bits per heavy atom. The van der Waals surface area contributed by atoms with Crippen LogP contribution in [-0.2, 0) is 36.6 Å². The van der Waals surface area contributed by atoms with Crippen LogP contribution in [0.1, 0.15) is 88.7 Å². The molecule has 10 heteroatoms. The first-order valence-corrected chi connectivity index (χ1v) is 15.9. The summed E-state index contributed by atoms with van der Waals surface area (Å²) in [7, 11) is 1.33. The van der Waals surface area contributed by atoms with Crippen LogP contribution in [0.5, 0.6) is 0 Å². The van der Waals surface area contributed by atoms with Gasteiger partial charge in [0.25, 0.3) is 0 Å². The van der Waals surface area contributed by atoms with Gasteiger partial charge in [0.2, 0.25) is 11.8 Å². The third kappa shape index (κ3) is 6.75. The fourth-order valence-electron chi connectivity index (χ4n) is 7.52. The summed E-state index contributed by atoms with van der Waals surface area (Å²) >= 11 is 0. The van der Waals surface area contributed by atoms with E-state index in [4.69, 9.17) is 9.47 Å². The Bertz CT molecular complexity index is 1300. The Balaban J connectivity index is 1.41. The lowest BCUT2D eigenvalue weighted by Gasteiger charge is -2.52. The molecule has 1 aromatic carbocycles. The van der Waals surface area contributed by atoms with Gasteiger partial charge in [-0.25, -0.2) is 0 Å². The minimum Gasteiger partial charge on any atom is -0.468 e. The normalized spacial score (nSPS) is 27.8. The number of ether oxygens (including phenoxy) is 2. The lowest BCUT2D eigenvalue weighted by molar-refractivity contribution is -0.177. The molecule has 0 bridgehead atoms. The number of alkyl halides is 3. The average molecular weight is 617 g/mol. The van der Waals surface area contributed by atoms with Gasteiger partial charge in [-0.05, 0) is 88.0 Å². The first-order valence-electron chi connectivity index (χ1n) is 15.9. The molecule has 4 atom stereocenters. The predicted molar refractivity (Wildman–Crippen MR) is 158 cm³/mol. The minimum absolute atomic E-state index is 0.0546. The van der Waals surface area contributed by atoms with Gasteiger partial charge < -0.3 is 19.7 Å². The van der Waals surface area contributed by atoms with Crippen molar-refractivity contribution in [3.63, 3.8) is 0 Å². The number of allylic oxidation sites excluding steroid dienone is 1. The molecule has 0 aromatic heterocycles. The highest BCUT2D eigenvalue weighted by atomic mass is 19.4. The Morgan fingerprint density at radius 1 is 1.16 bits per heavy atom. The molecule has 44 heavy (non-hydrogen) atoms. The minimum atomic E-state index is -4.49. The van der Waals surface area contributed by atoms with E-state index in [1.807, 2.05) is 13.0 Å². The monoisotopic (exact) mass is 616 g/mol. The number of fused-ring (bicyclic) bond motifs is 1. The number of benzene rings is 1. The maximum Gasteiger partial charge on any atom is 0.416 e. The van der Waals surface area contributed by atoms with Gasteiger partial charge in [0.1, 0.15) is 5.41 Å². The van der Waals surface area contributed by atoms with Gasteiger partial charge >= 0.3 is 12.1 Å². The Labute approximate surface area is 257 Å². The zero-order valence-electron chi connectivity index (χ0n) is 25.6. The zero-order chi connectivity index (χ0) is 31.5. The van der Waals surface area contributed by atoms with Crippen molar-refractivity contribution >= 4 is 17.8 Å². The van der Waals surface area contributed by atoms with Crippen molar-refractivity contribution in [3.05, 3.63) is 58.8 Å². The smallest absolute Gasteiger partial charge is 0.416 e. The van der Waals surface area contributed by atoms with E-state index in [2.05, 4.69) is 11.4 Å². The van der Waals surface area contributed by atoms with Crippen molar-refractivity contribution in [1.29, 1.82) is 0 Å². The van der Waals surface area contributed by atoms with Gasteiger partial charge in [0.05, 0.1) is 24.9 Å². The van der Waals surface area contributed by atoms with Crippen LogP contribution in [0.3, 0.4) is 0 Å². The molecule has 2 aliphatic carbocycles. The summed E-state index contributed by atoms with van der Waals surface area (Å²) in [6.07, 6.45) is 8.02. The molecule has 1 N–H and O–H groups in total. The predicted octanol–water partition coefficient (Wildman–Crippen LogP) is 6.47. The molecule has 240 valence electrons. The summed E-state index contributed by atoms with van der Waals surface area (Å²) in [5.74, 6) is -1.71. The number of esters is 1. The topological polar surface area (TPSA) is 84.9 Å². The molecule has 0 radical (unpaired) electrons. The lowest BCUT2D eigenvalue weighted by atomic mass is 9.66. The summed E-state index contributed by atoms with van der Waals surface area (Å²) in [6.45, 7) is 2.13. The third-order valence-corrected chi connectivity index (χ3v) is 9.94. The molecule has 2 amide bonds. The number of piperidine rings is 1. The summed E-state index contributed by atoms with van der Waals surface area (Å²) < 4.78 is 51.4. The van der Waals surface area contributed by atoms with Gasteiger partial charge in [0, 0.05) is 31.1 Å². The highest BCUT2D eigenvalue weighted by Crippen LogP contribution is 2.52. The number of nitrogens with zero attached hydrogens (tertiary/aromatic N) is 1. The number of likely N-dealkylation sites (tertiary alicyclic amines) is 1. The maximum atomic E-state index is 14.2. The second-order valence-corrected chi connectivity index (χ2v) is 12.7. The number of halogens is 3. The van der Waals surface area contributed by atoms with Gasteiger partial charge in [-0.3, -0.25) is 14.4 Å². The highest BCUT2D eigenvalue weighted by Gasteiger charge is 2.60. The van der Waals surface area contributed by atoms with E-state index in [9.17, 15) is 27.6 Å². The number of methoxy groups -OCH3 is 1. The summed E-state index contributed by atoms with van der Waals surface area (Å²) in [5.41, 5.74) is 0.166. The van der Waals surface area contributed by atoms with Crippen LogP contribution < -0.4 is 5.32 Å². The van der Waals surface area contributed by atoms with E-state index in [1.54, 1.807) is 4.90 Å². The van der Waals surface area contributed by atoms with Gasteiger partial charge in [-0.1, -0.05) is 36.6 Å². The standard InChI is InChI=1S/C34H43F3N2O5/c1-22-33(32(42)43-2)20-26(18-30(40)38-21-24-11-8-14-27(17-24)34(35,36)37)31(41)39(16-15-23-9-4-3-5-10-23)29(33)19-28(44-22)25-12-6-7-13-25/h8-9,11,14,17,19,22,25-26,28H,3-7,10,12-13,15-16,18,20-21H2,1-2H3,(H,38,40)/t22-,26+,28-,33+/m1/s1. The molecule has 5 rings (SSSR count). The number of rotatable bonds is 9. The first-order chi connectivity index (χ1) is 21.0. The van der Waals surface area contributed by atoms with Crippen molar-refractivity contribution in [2.75, 3.05) is 13.7 Å². The number of carbonyl (C=O) groups is 3. The summed E-state index contributed by atoms with van der Waals surface area (Å²) in [4.78, 5) is 42.7. The number of hydrogen-bond donors (Lipinski definition) is 1. The van der Waals surface area contributed by atoms with E-state index in [0.29, 0.717) is 30.1 Å². The van der Waals surface area contributed by atoms with Crippen molar-refractivity contribution < 1.29 is 37.0 Å². The van der Waals surface area contributed by atoms with Gasteiger partial charge in [-0.2, -0.15) is 13.2 Å². The molecule has 2 fully saturated rings. The molecule has 0 spiro atoms. The van der Waals surface area contributed by atoms with E-state index in [-0.39, 0.29) is 31.4 Å². The van der Waals surface area contributed by atoms with Crippen LogP contribution in [0.15, 0.2) is 47.7 Å². The summed E-state index contributed by atoms with van der Waals surface area (Å²) in [6, 6.07) is 4.78. The largest absolute Gasteiger partial charge is 0.468 e. The molecule has 0 unspecified atom stereocenters. The number of hydrogen-bond acceptors (Lipinski definition) is 5. The molecular formula is C34H43F3N2O5. The zero-order valence-corrected chi connectivity index (χ0v) is 25.6. The fraction of sp³-hybridized carbons (Fsp3) is 0.618. The van der Waals surface area contributed by atoms with Crippen LogP contribution in [-0.4, -0.2) is 48.5 Å². The number of carbonyl (C=O) groups excluding carboxylic acids is 3. The van der Waals surface area contributed by atoms with Crippen LogP contribution in [0, 0.1) is 17.3 Å². The lowest BCUT2D eigenvalue weighted by Crippen LogP contribution is -2.60. The van der Waals surface area contributed by atoms with E-state index in [1.165, 1.54) is 24.8 Å². The van der Waals surface area contributed by atoms with Crippen LogP contribution >= 0.6 is 0 Å². The van der Waals surface area contributed by atoms with Crippen LogP contribution in [0.2, 0.25) is 0 Å². The summed E-state index contributed by atoms with van der Waals surface area (Å²) in [5, 5.41) is 2.68. The number of amides is 2. The molecule has 2 aliphatic heterocycles.